The molecule has 2 aromatic rings. The van der Waals surface area contributed by atoms with E-state index in [4.69, 9.17) is 11.6 Å². The molecule has 0 fully saturated rings. The number of hydrogen-bond acceptors (Lipinski definition) is 3. The molecular formula is C15H13ClN2S. The Morgan fingerprint density at radius 1 is 1.05 bits per heavy atom. The standard InChI is InChI=1S/C15H13ClN2S/c16-12-7-4-8-13-15(12)19-18-14(17-13)10-9-11-5-2-1-3-6-11/h1-10,14,17-18H. The lowest BCUT2D eigenvalue weighted by molar-refractivity contribution is 0.851. The Kier molecular flexibility index (Phi) is 3.78. The molecule has 96 valence electrons. The Hall–Kier alpha value is -1.42. The summed E-state index contributed by atoms with van der Waals surface area (Å²) in [5.74, 6) is 0. The molecule has 2 aromatic carbocycles. The first-order valence-electron chi connectivity index (χ1n) is 6.03. The van der Waals surface area contributed by atoms with Gasteiger partial charge in [-0.25, -0.2) is 4.72 Å². The maximum atomic E-state index is 6.14. The van der Waals surface area contributed by atoms with Crippen LogP contribution >= 0.6 is 23.5 Å². The Balaban J connectivity index is 1.74. The summed E-state index contributed by atoms with van der Waals surface area (Å²) in [6.45, 7) is 0. The average molecular weight is 289 g/mol. The van der Waals surface area contributed by atoms with E-state index in [1.165, 1.54) is 5.56 Å². The topological polar surface area (TPSA) is 24.1 Å². The molecule has 3 rings (SSSR count). The molecular weight excluding hydrogens is 276 g/mol. The summed E-state index contributed by atoms with van der Waals surface area (Å²) in [6.07, 6.45) is 4.30. The van der Waals surface area contributed by atoms with Gasteiger partial charge in [0.25, 0.3) is 0 Å². The van der Waals surface area contributed by atoms with Crippen molar-refractivity contribution in [3.8, 4) is 0 Å². The highest BCUT2D eigenvalue weighted by Crippen LogP contribution is 2.36. The van der Waals surface area contributed by atoms with E-state index in [0.29, 0.717) is 0 Å². The molecule has 19 heavy (non-hydrogen) atoms. The second kappa shape index (κ2) is 5.70. The third-order valence-corrected chi connectivity index (χ3v) is 4.29. The highest BCUT2D eigenvalue weighted by atomic mass is 35.5. The van der Waals surface area contributed by atoms with Crippen molar-refractivity contribution in [3.63, 3.8) is 0 Å². The Labute approximate surface area is 122 Å². The first kappa shape index (κ1) is 12.6. The van der Waals surface area contributed by atoms with Gasteiger partial charge in [0.2, 0.25) is 0 Å². The van der Waals surface area contributed by atoms with Gasteiger partial charge in [-0.15, -0.1) is 0 Å². The maximum absolute atomic E-state index is 6.14. The van der Waals surface area contributed by atoms with Gasteiger partial charge < -0.3 is 5.32 Å². The third-order valence-electron chi connectivity index (χ3n) is 2.85. The largest absolute Gasteiger partial charge is 0.365 e. The number of hydrogen-bond donors (Lipinski definition) is 2. The predicted molar refractivity (Wildman–Crippen MR) is 83.3 cm³/mol. The van der Waals surface area contributed by atoms with Gasteiger partial charge in [-0.1, -0.05) is 54.1 Å². The molecule has 1 aliphatic heterocycles. The fraction of sp³-hybridized carbons (Fsp3) is 0.0667. The fourth-order valence-electron chi connectivity index (χ4n) is 1.90. The number of benzene rings is 2. The molecule has 4 heteroatoms. The molecule has 0 bridgehead atoms. The predicted octanol–water partition coefficient (Wildman–Crippen LogP) is 4.40. The Morgan fingerprint density at radius 3 is 2.74 bits per heavy atom. The molecule has 0 aromatic heterocycles. The summed E-state index contributed by atoms with van der Waals surface area (Å²) < 4.78 is 3.32. The fourth-order valence-corrected chi connectivity index (χ4v) is 2.98. The summed E-state index contributed by atoms with van der Waals surface area (Å²) in [4.78, 5) is 1.05. The lowest BCUT2D eigenvalue weighted by atomic mass is 10.2. The van der Waals surface area contributed by atoms with Gasteiger partial charge in [0.05, 0.1) is 15.6 Å². The molecule has 0 saturated heterocycles. The first-order valence-corrected chi connectivity index (χ1v) is 7.23. The van der Waals surface area contributed by atoms with Crippen molar-refractivity contribution in [2.75, 3.05) is 5.32 Å². The zero-order chi connectivity index (χ0) is 13.1. The monoisotopic (exact) mass is 288 g/mol. The van der Waals surface area contributed by atoms with Crippen LogP contribution in [0.2, 0.25) is 5.02 Å². The van der Waals surface area contributed by atoms with E-state index in [-0.39, 0.29) is 6.17 Å². The third kappa shape index (κ3) is 2.95. The van der Waals surface area contributed by atoms with E-state index in [9.17, 15) is 0 Å². The average Bonchev–Trinajstić information content (AvgIpc) is 2.46. The number of anilines is 1. The smallest absolute Gasteiger partial charge is 0.106 e. The lowest BCUT2D eigenvalue weighted by Crippen LogP contribution is -2.32. The van der Waals surface area contributed by atoms with Gasteiger partial charge in [-0.3, -0.25) is 0 Å². The van der Waals surface area contributed by atoms with Crippen LogP contribution in [-0.2, 0) is 0 Å². The lowest BCUT2D eigenvalue weighted by Gasteiger charge is -2.25. The molecule has 2 N–H and O–H groups in total. The summed E-state index contributed by atoms with van der Waals surface area (Å²) in [6, 6.07) is 16.1. The van der Waals surface area contributed by atoms with Gasteiger partial charge in [0.15, 0.2) is 0 Å². The summed E-state index contributed by atoms with van der Waals surface area (Å²) >= 11 is 7.71. The van der Waals surface area contributed by atoms with Crippen LogP contribution < -0.4 is 10.0 Å². The minimum Gasteiger partial charge on any atom is -0.365 e. The minimum atomic E-state index is 0.0937. The molecule has 0 radical (unpaired) electrons. The Morgan fingerprint density at radius 2 is 1.89 bits per heavy atom. The van der Waals surface area contributed by atoms with E-state index in [1.807, 2.05) is 36.4 Å². The van der Waals surface area contributed by atoms with Crippen molar-refractivity contribution in [3.05, 3.63) is 65.2 Å². The molecule has 1 heterocycles. The second-order valence-electron chi connectivity index (χ2n) is 4.23. The number of rotatable bonds is 2. The zero-order valence-corrected chi connectivity index (χ0v) is 11.7. The summed E-state index contributed by atoms with van der Waals surface area (Å²) in [5.41, 5.74) is 2.26. The van der Waals surface area contributed by atoms with Gasteiger partial charge in [-0.05, 0) is 35.7 Å². The number of nitrogens with one attached hydrogen (secondary N) is 2. The Bertz CT molecular complexity index is 598. The van der Waals surface area contributed by atoms with Crippen LogP contribution in [0.4, 0.5) is 5.69 Å². The van der Waals surface area contributed by atoms with Gasteiger partial charge in [0.1, 0.15) is 6.17 Å². The van der Waals surface area contributed by atoms with Crippen LogP contribution in [0.3, 0.4) is 0 Å². The summed E-state index contributed by atoms with van der Waals surface area (Å²) in [7, 11) is 0. The van der Waals surface area contributed by atoms with E-state index in [1.54, 1.807) is 11.9 Å². The van der Waals surface area contributed by atoms with Crippen LogP contribution in [0.1, 0.15) is 5.56 Å². The SMILES string of the molecule is Clc1cccc2c1SNC(C=Cc1ccccc1)N2. The van der Waals surface area contributed by atoms with Crippen LogP contribution in [0, 0.1) is 0 Å². The number of halogens is 1. The van der Waals surface area contributed by atoms with Crippen LogP contribution in [0.5, 0.6) is 0 Å². The molecule has 0 aliphatic carbocycles. The van der Waals surface area contributed by atoms with Crippen molar-refractivity contribution in [2.24, 2.45) is 0 Å². The molecule has 1 unspecified atom stereocenters. The van der Waals surface area contributed by atoms with E-state index >= 15 is 0 Å². The molecule has 1 atom stereocenters. The van der Waals surface area contributed by atoms with Gasteiger partial charge in [-0.2, -0.15) is 0 Å². The molecule has 0 amide bonds. The van der Waals surface area contributed by atoms with Gasteiger partial charge in [0, 0.05) is 0 Å². The van der Waals surface area contributed by atoms with E-state index in [2.05, 4.69) is 34.3 Å². The zero-order valence-electron chi connectivity index (χ0n) is 10.1. The summed E-state index contributed by atoms with van der Waals surface area (Å²) in [5, 5.41) is 4.18. The quantitative estimate of drug-likeness (QED) is 0.801. The van der Waals surface area contributed by atoms with Crippen molar-refractivity contribution in [1.29, 1.82) is 0 Å². The normalized spacial score (nSPS) is 18.1. The van der Waals surface area contributed by atoms with E-state index in [0.717, 1.165) is 15.6 Å². The van der Waals surface area contributed by atoms with Crippen LogP contribution in [-0.4, -0.2) is 6.17 Å². The number of fused-ring (bicyclic) bond motifs is 1. The highest BCUT2D eigenvalue weighted by molar-refractivity contribution is 7.97. The van der Waals surface area contributed by atoms with Crippen molar-refractivity contribution in [1.82, 2.24) is 4.72 Å². The van der Waals surface area contributed by atoms with Crippen LogP contribution in [0.15, 0.2) is 59.5 Å². The van der Waals surface area contributed by atoms with Gasteiger partial charge >= 0.3 is 0 Å². The minimum absolute atomic E-state index is 0.0937. The molecule has 1 aliphatic rings. The molecule has 2 nitrogen and oxygen atoms in total. The van der Waals surface area contributed by atoms with Crippen molar-refractivity contribution < 1.29 is 0 Å². The van der Waals surface area contributed by atoms with E-state index < -0.39 is 0 Å². The van der Waals surface area contributed by atoms with Crippen molar-refractivity contribution >= 4 is 35.3 Å². The van der Waals surface area contributed by atoms with Crippen LogP contribution in [0.25, 0.3) is 6.08 Å². The maximum Gasteiger partial charge on any atom is 0.106 e. The molecule has 0 saturated carbocycles. The molecule has 0 spiro atoms. The second-order valence-corrected chi connectivity index (χ2v) is 5.48. The first-order chi connectivity index (χ1) is 9.33. The van der Waals surface area contributed by atoms with Crippen molar-refractivity contribution in [2.45, 2.75) is 11.1 Å². The highest BCUT2D eigenvalue weighted by Gasteiger charge is 2.17.